The average Bonchev–Trinajstić information content (AvgIpc) is 3.17. The number of aryl methyl sites for hydroxylation is 1. The van der Waals surface area contributed by atoms with E-state index in [0.29, 0.717) is 6.54 Å². The lowest BCUT2D eigenvalue weighted by molar-refractivity contribution is -0.137. The van der Waals surface area contributed by atoms with Gasteiger partial charge in [0.15, 0.2) is 0 Å². The third-order valence-electron chi connectivity index (χ3n) is 6.20. The smallest absolute Gasteiger partial charge is 0.228 e. The predicted octanol–water partition coefficient (Wildman–Crippen LogP) is 2.70. The van der Waals surface area contributed by atoms with Crippen LogP contribution < -0.4 is 9.64 Å². The molecule has 6 nitrogen and oxygen atoms in total. The van der Waals surface area contributed by atoms with Gasteiger partial charge < -0.3 is 14.5 Å². The molecule has 2 fully saturated rings. The second-order valence-electron chi connectivity index (χ2n) is 8.13. The number of anilines is 1. The molecule has 158 valence electrons. The highest BCUT2D eigenvalue weighted by atomic mass is 16.5. The number of amides is 2. The van der Waals surface area contributed by atoms with Crippen LogP contribution in [-0.4, -0.2) is 61.4 Å². The summed E-state index contributed by atoms with van der Waals surface area (Å²) in [7, 11) is 1.62. The van der Waals surface area contributed by atoms with Gasteiger partial charge in [0.25, 0.3) is 0 Å². The minimum absolute atomic E-state index is 0.0108. The van der Waals surface area contributed by atoms with Crippen LogP contribution in [0.4, 0.5) is 5.69 Å². The number of benzene rings is 2. The molecule has 2 heterocycles. The van der Waals surface area contributed by atoms with Gasteiger partial charge in [0.05, 0.1) is 13.0 Å². The minimum atomic E-state index is -0.262. The molecule has 6 heteroatoms. The van der Waals surface area contributed by atoms with Crippen molar-refractivity contribution in [2.45, 2.75) is 19.9 Å². The molecule has 2 aromatic rings. The van der Waals surface area contributed by atoms with Gasteiger partial charge in [0, 0.05) is 51.4 Å². The van der Waals surface area contributed by atoms with Crippen molar-refractivity contribution in [3.05, 3.63) is 59.7 Å². The van der Waals surface area contributed by atoms with E-state index in [2.05, 4.69) is 36.1 Å². The Morgan fingerprint density at radius 3 is 2.40 bits per heavy atom. The number of carbonyl (C=O) groups is 2. The second kappa shape index (κ2) is 8.88. The Hall–Kier alpha value is -2.86. The maximum Gasteiger partial charge on any atom is 0.228 e. The van der Waals surface area contributed by atoms with Gasteiger partial charge in [-0.15, -0.1) is 0 Å². The molecule has 1 atom stereocenters. The van der Waals surface area contributed by atoms with Crippen LogP contribution in [0.25, 0.3) is 0 Å². The highest BCUT2D eigenvalue weighted by molar-refractivity contribution is 6.00. The fourth-order valence-electron chi connectivity index (χ4n) is 4.30. The Bertz CT molecular complexity index is 904. The fourth-order valence-corrected chi connectivity index (χ4v) is 4.30. The molecule has 1 unspecified atom stereocenters. The molecule has 2 amide bonds. The standard InChI is InChI=1S/C24H29N3O3/c1-18-5-3-4-6-19(18)16-25-11-13-26(14-12-25)24(29)20-15-23(28)27(17-20)21-7-9-22(30-2)10-8-21/h3-10,20H,11-17H2,1-2H3. The van der Waals surface area contributed by atoms with Crippen LogP contribution in [0.1, 0.15) is 17.5 Å². The quantitative estimate of drug-likeness (QED) is 0.765. The van der Waals surface area contributed by atoms with Crippen LogP contribution in [0, 0.1) is 12.8 Å². The van der Waals surface area contributed by atoms with Crippen molar-refractivity contribution in [1.82, 2.24) is 9.80 Å². The summed E-state index contributed by atoms with van der Waals surface area (Å²) in [5.74, 6) is 0.607. The summed E-state index contributed by atoms with van der Waals surface area (Å²) in [4.78, 5) is 31.6. The second-order valence-corrected chi connectivity index (χ2v) is 8.13. The summed E-state index contributed by atoms with van der Waals surface area (Å²) in [6.45, 7) is 6.68. The molecular formula is C24H29N3O3. The Balaban J connectivity index is 1.32. The highest BCUT2D eigenvalue weighted by Crippen LogP contribution is 2.28. The van der Waals surface area contributed by atoms with E-state index in [-0.39, 0.29) is 24.2 Å². The maximum atomic E-state index is 13.1. The van der Waals surface area contributed by atoms with Crippen molar-refractivity contribution in [3.63, 3.8) is 0 Å². The molecule has 0 aromatic heterocycles. The van der Waals surface area contributed by atoms with Crippen LogP contribution in [0.15, 0.2) is 48.5 Å². The van der Waals surface area contributed by atoms with E-state index in [0.717, 1.165) is 44.2 Å². The van der Waals surface area contributed by atoms with Gasteiger partial charge in [0.2, 0.25) is 11.8 Å². The highest BCUT2D eigenvalue weighted by Gasteiger charge is 2.37. The molecule has 0 aliphatic carbocycles. The topological polar surface area (TPSA) is 53.1 Å². The van der Waals surface area contributed by atoms with Crippen molar-refractivity contribution in [1.29, 1.82) is 0 Å². The molecule has 0 radical (unpaired) electrons. The lowest BCUT2D eigenvalue weighted by atomic mass is 10.1. The first kappa shape index (κ1) is 20.4. The van der Waals surface area contributed by atoms with E-state index in [1.165, 1.54) is 11.1 Å². The van der Waals surface area contributed by atoms with Crippen molar-refractivity contribution in [2.24, 2.45) is 5.92 Å². The first-order valence-corrected chi connectivity index (χ1v) is 10.5. The van der Waals surface area contributed by atoms with Gasteiger partial charge in [-0.05, 0) is 42.3 Å². The zero-order chi connectivity index (χ0) is 21.1. The zero-order valence-electron chi connectivity index (χ0n) is 17.7. The molecule has 2 aliphatic rings. The summed E-state index contributed by atoms with van der Waals surface area (Å²) >= 11 is 0. The first-order chi connectivity index (χ1) is 14.5. The van der Waals surface area contributed by atoms with Crippen LogP contribution in [0.2, 0.25) is 0 Å². The van der Waals surface area contributed by atoms with Gasteiger partial charge >= 0.3 is 0 Å². The number of ether oxygens (including phenoxy) is 1. The number of piperazine rings is 1. The Morgan fingerprint density at radius 2 is 1.73 bits per heavy atom. The van der Waals surface area contributed by atoms with E-state index in [1.807, 2.05) is 29.2 Å². The lowest BCUT2D eigenvalue weighted by Crippen LogP contribution is -2.50. The largest absolute Gasteiger partial charge is 0.497 e. The molecule has 0 saturated carbocycles. The van der Waals surface area contributed by atoms with Crippen LogP contribution in [-0.2, 0) is 16.1 Å². The fraction of sp³-hybridized carbons (Fsp3) is 0.417. The van der Waals surface area contributed by atoms with E-state index in [4.69, 9.17) is 4.74 Å². The van der Waals surface area contributed by atoms with Crippen LogP contribution >= 0.6 is 0 Å². The molecule has 0 N–H and O–H groups in total. The summed E-state index contributed by atoms with van der Waals surface area (Å²) in [6, 6.07) is 15.9. The SMILES string of the molecule is COc1ccc(N2CC(C(=O)N3CCN(Cc4ccccc4C)CC3)CC2=O)cc1. The van der Waals surface area contributed by atoms with Crippen molar-refractivity contribution in [3.8, 4) is 5.75 Å². The predicted molar refractivity (Wildman–Crippen MR) is 116 cm³/mol. The Morgan fingerprint density at radius 1 is 1.03 bits per heavy atom. The Kier molecular flexibility index (Phi) is 6.04. The minimum Gasteiger partial charge on any atom is -0.497 e. The van der Waals surface area contributed by atoms with Gasteiger partial charge in [-0.3, -0.25) is 14.5 Å². The molecule has 2 aromatic carbocycles. The molecular weight excluding hydrogens is 378 g/mol. The van der Waals surface area contributed by atoms with Crippen LogP contribution in [0.5, 0.6) is 5.75 Å². The summed E-state index contributed by atoms with van der Waals surface area (Å²) in [6.07, 6.45) is 0.286. The van der Waals surface area contributed by atoms with E-state index < -0.39 is 0 Å². The summed E-state index contributed by atoms with van der Waals surface area (Å²) in [5, 5.41) is 0. The molecule has 30 heavy (non-hydrogen) atoms. The number of methoxy groups -OCH3 is 1. The Labute approximate surface area is 178 Å². The lowest BCUT2D eigenvalue weighted by Gasteiger charge is -2.36. The molecule has 2 aliphatic heterocycles. The average molecular weight is 408 g/mol. The first-order valence-electron chi connectivity index (χ1n) is 10.5. The van der Waals surface area contributed by atoms with Crippen molar-refractivity contribution in [2.75, 3.05) is 44.7 Å². The summed E-state index contributed by atoms with van der Waals surface area (Å²) < 4.78 is 5.18. The van der Waals surface area contributed by atoms with Crippen molar-refractivity contribution < 1.29 is 14.3 Å². The van der Waals surface area contributed by atoms with Gasteiger partial charge in [-0.25, -0.2) is 0 Å². The number of rotatable bonds is 5. The van der Waals surface area contributed by atoms with Gasteiger partial charge in [0.1, 0.15) is 5.75 Å². The molecule has 0 bridgehead atoms. The normalized spacial score (nSPS) is 19.9. The molecule has 2 saturated heterocycles. The molecule has 4 rings (SSSR count). The number of carbonyl (C=O) groups excluding carboxylic acids is 2. The molecule has 0 spiro atoms. The van der Waals surface area contributed by atoms with E-state index in [1.54, 1.807) is 12.0 Å². The number of hydrogen-bond acceptors (Lipinski definition) is 4. The van der Waals surface area contributed by atoms with Gasteiger partial charge in [-0.2, -0.15) is 0 Å². The monoisotopic (exact) mass is 407 g/mol. The third-order valence-corrected chi connectivity index (χ3v) is 6.20. The van der Waals surface area contributed by atoms with Gasteiger partial charge in [-0.1, -0.05) is 24.3 Å². The third kappa shape index (κ3) is 4.33. The van der Waals surface area contributed by atoms with Crippen molar-refractivity contribution >= 4 is 17.5 Å². The van der Waals surface area contributed by atoms with E-state index in [9.17, 15) is 9.59 Å². The number of hydrogen-bond donors (Lipinski definition) is 0. The zero-order valence-corrected chi connectivity index (χ0v) is 17.7. The maximum absolute atomic E-state index is 13.1. The van der Waals surface area contributed by atoms with E-state index >= 15 is 0 Å². The van der Waals surface area contributed by atoms with Crippen LogP contribution in [0.3, 0.4) is 0 Å². The summed E-state index contributed by atoms with van der Waals surface area (Å²) in [5.41, 5.74) is 3.46. The number of nitrogens with zero attached hydrogens (tertiary/aromatic N) is 3.